The maximum atomic E-state index is 13.1. The average Bonchev–Trinajstić information content (AvgIpc) is 3.28. The summed E-state index contributed by atoms with van der Waals surface area (Å²) in [6.07, 6.45) is -4.27. The van der Waals surface area contributed by atoms with Gasteiger partial charge in [0.05, 0.1) is 11.3 Å². The summed E-state index contributed by atoms with van der Waals surface area (Å²) in [5, 5.41) is 4.17. The van der Waals surface area contributed by atoms with Gasteiger partial charge in [-0.05, 0) is 32.9 Å². The number of aromatic nitrogens is 2. The number of esters is 4. The summed E-state index contributed by atoms with van der Waals surface area (Å²) in [5.41, 5.74) is 1.36. The van der Waals surface area contributed by atoms with Crippen LogP contribution in [0.4, 0.5) is 0 Å². The number of carbonyl (C=O) groups excluding carboxylic acids is 5. The van der Waals surface area contributed by atoms with Crippen molar-refractivity contribution in [1.29, 1.82) is 0 Å². The molecule has 0 amide bonds. The summed E-state index contributed by atoms with van der Waals surface area (Å²) in [6.45, 7) is 8.94. The normalized spacial score (nSPS) is 13.3. The van der Waals surface area contributed by atoms with Crippen molar-refractivity contribution in [3.8, 4) is 0 Å². The second-order valence-corrected chi connectivity index (χ2v) is 7.82. The largest absolute Gasteiger partial charge is 0.462 e. The van der Waals surface area contributed by atoms with E-state index < -0.39 is 54.7 Å². The van der Waals surface area contributed by atoms with E-state index in [2.05, 4.69) is 5.10 Å². The zero-order valence-corrected chi connectivity index (χ0v) is 20.6. The van der Waals surface area contributed by atoms with Crippen LogP contribution in [0.5, 0.6) is 0 Å². The van der Waals surface area contributed by atoms with Crippen molar-refractivity contribution in [2.75, 3.05) is 6.61 Å². The highest BCUT2D eigenvalue weighted by atomic mass is 16.6. The van der Waals surface area contributed by atoms with Gasteiger partial charge in [0.25, 0.3) is 5.91 Å². The van der Waals surface area contributed by atoms with Crippen LogP contribution in [0.2, 0.25) is 0 Å². The Bertz CT molecular complexity index is 1130. The van der Waals surface area contributed by atoms with Crippen molar-refractivity contribution in [1.82, 2.24) is 9.78 Å². The molecule has 35 heavy (non-hydrogen) atoms. The zero-order valence-electron chi connectivity index (χ0n) is 20.6. The Morgan fingerprint density at radius 2 is 1.49 bits per heavy atom. The fraction of sp³-hybridized carbons (Fsp3) is 0.478. The molecular formula is C23H28N2O10. The number of aryl methyl sites for hydroxylation is 3. The molecule has 0 saturated heterocycles. The van der Waals surface area contributed by atoms with Gasteiger partial charge < -0.3 is 23.4 Å². The number of furan rings is 1. The summed E-state index contributed by atoms with van der Waals surface area (Å²) in [7, 11) is 0. The van der Waals surface area contributed by atoms with Crippen molar-refractivity contribution in [3.05, 3.63) is 40.6 Å². The number of hydrogen-bond donors (Lipinski definition) is 0. The fourth-order valence-corrected chi connectivity index (χ4v) is 3.40. The van der Waals surface area contributed by atoms with E-state index in [4.69, 9.17) is 23.4 Å². The molecule has 190 valence electrons. The lowest BCUT2D eigenvalue weighted by Crippen LogP contribution is -2.43. The molecule has 0 aliphatic carbocycles. The van der Waals surface area contributed by atoms with Crippen LogP contribution in [0, 0.1) is 20.8 Å². The van der Waals surface area contributed by atoms with Gasteiger partial charge in [0.15, 0.2) is 18.3 Å². The highest BCUT2D eigenvalue weighted by Crippen LogP contribution is 2.32. The topological polar surface area (TPSA) is 153 Å². The van der Waals surface area contributed by atoms with Crippen LogP contribution in [0.3, 0.4) is 0 Å². The summed E-state index contributed by atoms with van der Waals surface area (Å²) in [5.74, 6) is -3.40. The van der Waals surface area contributed by atoms with Crippen molar-refractivity contribution < 1.29 is 47.3 Å². The molecule has 2 rings (SSSR count). The van der Waals surface area contributed by atoms with Gasteiger partial charge in [-0.2, -0.15) is 5.10 Å². The van der Waals surface area contributed by atoms with E-state index in [0.717, 1.165) is 27.7 Å². The average molecular weight is 492 g/mol. The van der Waals surface area contributed by atoms with E-state index in [-0.39, 0.29) is 17.1 Å². The number of ether oxygens (including phenoxy) is 4. The molecular weight excluding hydrogens is 464 g/mol. The van der Waals surface area contributed by atoms with Crippen LogP contribution in [0.15, 0.2) is 16.5 Å². The molecule has 12 nitrogen and oxygen atoms in total. The van der Waals surface area contributed by atoms with Gasteiger partial charge in [-0.1, -0.05) is 0 Å². The van der Waals surface area contributed by atoms with E-state index in [9.17, 15) is 24.0 Å². The predicted molar refractivity (Wildman–Crippen MR) is 117 cm³/mol. The lowest BCUT2D eigenvalue weighted by molar-refractivity contribution is -0.191. The second-order valence-electron chi connectivity index (χ2n) is 7.82. The molecule has 2 aromatic heterocycles. The van der Waals surface area contributed by atoms with Gasteiger partial charge in [0.2, 0.25) is 0 Å². The Hall–Kier alpha value is -3.96. The predicted octanol–water partition coefficient (Wildman–Crippen LogP) is 2.12. The SMILES string of the molecule is CC(=O)OC[C@@H](OC(C)=O)[C@H](OC(C)=O)[C@H](OC(C)=O)c1cc(C(=O)n2nc(C)cc2C)c(C)o1. The third-order valence-electron chi connectivity index (χ3n) is 4.68. The van der Waals surface area contributed by atoms with E-state index in [1.807, 2.05) is 0 Å². The van der Waals surface area contributed by atoms with Crippen molar-refractivity contribution in [2.24, 2.45) is 0 Å². The van der Waals surface area contributed by atoms with Gasteiger partial charge in [-0.15, -0.1) is 0 Å². The Morgan fingerprint density at radius 1 is 0.886 bits per heavy atom. The van der Waals surface area contributed by atoms with E-state index in [1.165, 1.54) is 17.7 Å². The Labute approximate surface area is 201 Å². The summed E-state index contributed by atoms with van der Waals surface area (Å²) >= 11 is 0. The highest BCUT2D eigenvalue weighted by molar-refractivity contribution is 5.96. The molecule has 0 aliphatic rings. The Balaban J connectivity index is 2.56. The molecule has 12 heteroatoms. The minimum Gasteiger partial charge on any atom is -0.462 e. The van der Waals surface area contributed by atoms with Crippen LogP contribution in [0.25, 0.3) is 0 Å². The maximum Gasteiger partial charge on any atom is 0.303 e. The summed E-state index contributed by atoms with van der Waals surface area (Å²) < 4.78 is 27.8. The minimum absolute atomic E-state index is 0.0613. The van der Waals surface area contributed by atoms with E-state index >= 15 is 0 Å². The van der Waals surface area contributed by atoms with Crippen molar-refractivity contribution in [3.63, 3.8) is 0 Å². The van der Waals surface area contributed by atoms with Crippen LogP contribution in [-0.4, -0.2) is 58.4 Å². The van der Waals surface area contributed by atoms with Crippen LogP contribution >= 0.6 is 0 Å². The molecule has 0 aromatic carbocycles. The van der Waals surface area contributed by atoms with E-state index in [1.54, 1.807) is 19.9 Å². The van der Waals surface area contributed by atoms with Gasteiger partial charge in [-0.25, -0.2) is 4.68 Å². The number of nitrogens with zero attached hydrogens (tertiary/aromatic N) is 2. The minimum atomic E-state index is -1.47. The highest BCUT2D eigenvalue weighted by Gasteiger charge is 2.41. The van der Waals surface area contributed by atoms with Crippen LogP contribution in [-0.2, 0) is 38.1 Å². The molecule has 0 bridgehead atoms. The van der Waals surface area contributed by atoms with Crippen molar-refractivity contribution in [2.45, 2.75) is 66.8 Å². The zero-order chi connectivity index (χ0) is 26.4. The third-order valence-corrected chi connectivity index (χ3v) is 4.68. The van der Waals surface area contributed by atoms with Crippen LogP contribution in [0.1, 0.15) is 67.1 Å². The number of rotatable bonds is 9. The lowest BCUT2D eigenvalue weighted by Gasteiger charge is -2.30. The smallest absolute Gasteiger partial charge is 0.303 e. The fourth-order valence-electron chi connectivity index (χ4n) is 3.40. The van der Waals surface area contributed by atoms with Gasteiger partial charge in [-0.3, -0.25) is 24.0 Å². The van der Waals surface area contributed by atoms with Crippen molar-refractivity contribution >= 4 is 29.8 Å². The summed E-state index contributed by atoms with van der Waals surface area (Å²) in [6, 6.07) is 3.06. The maximum absolute atomic E-state index is 13.1. The van der Waals surface area contributed by atoms with Gasteiger partial charge in [0, 0.05) is 33.4 Å². The number of carbonyl (C=O) groups is 5. The van der Waals surface area contributed by atoms with E-state index in [0.29, 0.717) is 11.4 Å². The molecule has 0 aliphatic heterocycles. The molecule has 0 spiro atoms. The molecule has 2 heterocycles. The first-order valence-electron chi connectivity index (χ1n) is 10.6. The second kappa shape index (κ2) is 11.4. The third kappa shape index (κ3) is 7.26. The standard InChI is InChI=1S/C23H28N2O10/c1-11-8-12(2)25(24-11)23(30)18-9-19(32-13(18)3)21(34-16(6)28)22(35-17(7)29)20(33-15(5)27)10-31-14(4)26/h8-9,20-22H,10H2,1-7H3/t20-,21-,22+/m1/s1. The molecule has 3 atom stereocenters. The first kappa shape index (κ1) is 27.3. The molecule has 0 N–H and O–H groups in total. The van der Waals surface area contributed by atoms with Gasteiger partial charge >= 0.3 is 23.9 Å². The summed E-state index contributed by atoms with van der Waals surface area (Å²) in [4.78, 5) is 60.0. The molecule has 0 fully saturated rings. The Kier molecular flexibility index (Phi) is 8.93. The van der Waals surface area contributed by atoms with Crippen LogP contribution < -0.4 is 0 Å². The first-order chi connectivity index (χ1) is 16.3. The molecule has 0 unspecified atom stereocenters. The monoisotopic (exact) mass is 492 g/mol. The van der Waals surface area contributed by atoms with Gasteiger partial charge in [0.1, 0.15) is 18.1 Å². The first-order valence-corrected chi connectivity index (χ1v) is 10.6. The molecule has 0 saturated carbocycles. The quantitative estimate of drug-likeness (QED) is 0.373. The Morgan fingerprint density at radius 3 is 1.97 bits per heavy atom. The molecule has 0 radical (unpaired) electrons. The lowest BCUT2D eigenvalue weighted by atomic mass is 10.0. The molecule has 2 aromatic rings. The number of hydrogen-bond acceptors (Lipinski definition) is 11.